The Morgan fingerprint density at radius 2 is 1.21 bits per heavy atom. The Labute approximate surface area is 153 Å². The molecular formula is C23H44O. The smallest absolute Gasteiger partial charge is 0.0623 e. The van der Waals surface area contributed by atoms with Gasteiger partial charge in [-0.15, -0.1) is 0 Å². The fraction of sp³-hybridized carbons (Fsp3) is 0.826. The van der Waals surface area contributed by atoms with Crippen molar-refractivity contribution in [3.8, 4) is 0 Å². The van der Waals surface area contributed by atoms with Crippen LogP contribution in [0.4, 0.5) is 0 Å². The minimum atomic E-state index is 0.0665. The van der Waals surface area contributed by atoms with E-state index < -0.39 is 0 Å². The Kier molecular flexibility index (Phi) is 16.9. The third-order valence-corrected chi connectivity index (χ3v) is 4.69. The van der Waals surface area contributed by atoms with Crippen molar-refractivity contribution in [1.29, 1.82) is 0 Å². The SMILES string of the molecule is CCCCC/C=C\C/C=C\CCCCCCCCOC(C)(C)CC. The zero-order valence-corrected chi connectivity index (χ0v) is 17.1. The van der Waals surface area contributed by atoms with Gasteiger partial charge in [-0.2, -0.15) is 0 Å². The van der Waals surface area contributed by atoms with E-state index in [1.54, 1.807) is 0 Å². The second kappa shape index (κ2) is 17.3. The summed E-state index contributed by atoms with van der Waals surface area (Å²) in [7, 11) is 0. The van der Waals surface area contributed by atoms with Crippen LogP contribution in [0.25, 0.3) is 0 Å². The maximum Gasteiger partial charge on any atom is 0.0623 e. The Morgan fingerprint density at radius 1 is 0.667 bits per heavy atom. The average molecular weight is 337 g/mol. The first kappa shape index (κ1) is 23.4. The summed E-state index contributed by atoms with van der Waals surface area (Å²) in [6.07, 6.45) is 26.1. The molecule has 0 aromatic heterocycles. The van der Waals surface area contributed by atoms with Crippen LogP contribution in [-0.2, 0) is 4.74 Å². The van der Waals surface area contributed by atoms with Gasteiger partial charge in [0.2, 0.25) is 0 Å². The summed E-state index contributed by atoms with van der Waals surface area (Å²) in [5.41, 5.74) is 0.0665. The molecule has 1 nitrogen and oxygen atoms in total. The lowest BCUT2D eigenvalue weighted by atomic mass is 10.1. The molecule has 0 bridgehead atoms. The van der Waals surface area contributed by atoms with Crippen LogP contribution in [0.3, 0.4) is 0 Å². The second-order valence-electron chi connectivity index (χ2n) is 7.55. The highest BCUT2D eigenvalue weighted by atomic mass is 16.5. The molecule has 0 atom stereocenters. The number of ether oxygens (including phenoxy) is 1. The van der Waals surface area contributed by atoms with Crippen molar-refractivity contribution in [2.45, 2.75) is 117 Å². The third-order valence-electron chi connectivity index (χ3n) is 4.69. The summed E-state index contributed by atoms with van der Waals surface area (Å²) in [6.45, 7) is 9.74. The molecule has 0 aromatic rings. The van der Waals surface area contributed by atoms with E-state index in [2.05, 4.69) is 52.0 Å². The first-order valence-electron chi connectivity index (χ1n) is 10.6. The highest BCUT2D eigenvalue weighted by molar-refractivity contribution is 4.92. The molecule has 0 aliphatic carbocycles. The predicted molar refractivity (Wildman–Crippen MR) is 110 cm³/mol. The van der Waals surface area contributed by atoms with Gasteiger partial charge in [0.1, 0.15) is 0 Å². The van der Waals surface area contributed by atoms with Gasteiger partial charge in [0, 0.05) is 6.61 Å². The topological polar surface area (TPSA) is 9.23 Å². The van der Waals surface area contributed by atoms with Crippen molar-refractivity contribution in [3.63, 3.8) is 0 Å². The van der Waals surface area contributed by atoms with Crippen LogP contribution in [0.5, 0.6) is 0 Å². The summed E-state index contributed by atoms with van der Waals surface area (Å²) < 4.78 is 5.88. The maximum atomic E-state index is 5.88. The largest absolute Gasteiger partial charge is 0.376 e. The fourth-order valence-electron chi connectivity index (χ4n) is 2.54. The van der Waals surface area contributed by atoms with Crippen molar-refractivity contribution < 1.29 is 4.74 Å². The Balaban J connectivity index is 3.23. The first-order chi connectivity index (χ1) is 11.6. The van der Waals surface area contributed by atoms with E-state index in [9.17, 15) is 0 Å². The van der Waals surface area contributed by atoms with Crippen LogP contribution >= 0.6 is 0 Å². The summed E-state index contributed by atoms with van der Waals surface area (Å²) >= 11 is 0. The van der Waals surface area contributed by atoms with E-state index in [4.69, 9.17) is 4.74 Å². The van der Waals surface area contributed by atoms with Gasteiger partial charge in [0.25, 0.3) is 0 Å². The van der Waals surface area contributed by atoms with Crippen molar-refractivity contribution >= 4 is 0 Å². The molecule has 0 aliphatic heterocycles. The van der Waals surface area contributed by atoms with E-state index in [1.807, 2.05) is 0 Å². The van der Waals surface area contributed by atoms with Crippen molar-refractivity contribution in [3.05, 3.63) is 24.3 Å². The van der Waals surface area contributed by atoms with Crippen LogP contribution in [0, 0.1) is 0 Å². The molecular weight excluding hydrogens is 292 g/mol. The number of hydrogen-bond acceptors (Lipinski definition) is 1. The molecule has 0 saturated carbocycles. The van der Waals surface area contributed by atoms with E-state index in [1.165, 1.54) is 70.6 Å². The third kappa shape index (κ3) is 17.8. The van der Waals surface area contributed by atoms with Gasteiger partial charge in [0.15, 0.2) is 0 Å². The summed E-state index contributed by atoms with van der Waals surface area (Å²) in [5, 5.41) is 0. The fourth-order valence-corrected chi connectivity index (χ4v) is 2.54. The van der Waals surface area contributed by atoms with Crippen LogP contribution in [0.1, 0.15) is 111 Å². The van der Waals surface area contributed by atoms with Crippen LogP contribution in [-0.4, -0.2) is 12.2 Å². The predicted octanol–water partition coefficient (Wildman–Crippen LogP) is 8.01. The number of rotatable bonds is 17. The van der Waals surface area contributed by atoms with Gasteiger partial charge in [-0.25, -0.2) is 0 Å². The average Bonchev–Trinajstić information content (AvgIpc) is 2.57. The van der Waals surface area contributed by atoms with Gasteiger partial charge in [-0.1, -0.05) is 76.7 Å². The summed E-state index contributed by atoms with van der Waals surface area (Å²) in [6, 6.07) is 0. The zero-order chi connectivity index (χ0) is 17.9. The summed E-state index contributed by atoms with van der Waals surface area (Å²) in [5.74, 6) is 0. The Morgan fingerprint density at radius 3 is 1.79 bits per heavy atom. The summed E-state index contributed by atoms with van der Waals surface area (Å²) in [4.78, 5) is 0. The molecule has 0 radical (unpaired) electrons. The molecule has 0 heterocycles. The van der Waals surface area contributed by atoms with Crippen molar-refractivity contribution in [2.24, 2.45) is 0 Å². The van der Waals surface area contributed by atoms with Crippen molar-refractivity contribution in [2.75, 3.05) is 6.61 Å². The molecule has 1 heteroatoms. The number of unbranched alkanes of at least 4 members (excludes halogenated alkanes) is 9. The van der Waals surface area contributed by atoms with Gasteiger partial charge in [0.05, 0.1) is 5.60 Å². The first-order valence-corrected chi connectivity index (χ1v) is 10.6. The monoisotopic (exact) mass is 336 g/mol. The molecule has 0 fully saturated rings. The molecule has 0 unspecified atom stereocenters. The Bertz CT molecular complexity index is 301. The number of hydrogen-bond donors (Lipinski definition) is 0. The van der Waals surface area contributed by atoms with Crippen molar-refractivity contribution in [1.82, 2.24) is 0 Å². The molecule has 142 valence electrons. The maximum absolute atomic E-state index is 5.88. The molecule has 0 aliphatic rings. The zero-order valence-electron chi connectivity index (χ0n) is 17.1. The second-order valence-corrected chi connectivity index (χ2v) is 7.55. The molecule has 0 rings (SSSR count). The van der Waals surface area contributed by atoms with Gasteiger partial charge in [-0.3, -0.25) is 0 Å². The van der Waals surface area contributed by atoms with Crippen LogP contribution in [0.15, 0.2) is 24.3 Å². The standard InChI is InChI=1S/C23H44O/c1-5-7-8-9-10-11-12-13-14-15-16-17-18-19-20-21-22-24-23(3,4)6-2/h10-11,13-14H,5-9,12,15-22H2,1-4H3/b11-10-,14-13-. The van der Waals surface area contributed by atoms with E-state index in [0.29, 0.717) is 0 Å². The van der Waals surface area contributed by atoms with Crippen LogP contribution in [0.2, 0.25) is 0 Å². The lowest BCUT2D eigenvalue weighted by Crippen LogP contribution is -2.23. The molecule has 0 amide bonds. The van der Waals surface area contributed by atoms with E-state index >= 15 is 0 Å². The normalized spacial score (nSPS) is 12.7. The molecule has 24 heavy (non-hydrogen) atoms. The highest BCUT2D eigenvalue weighted by Gasteiger charge is 2.13. The van der Waals surface area contributed by atoms with E-state index in [-0.39, 0.29) is 5.60 Å². The molecule has 0 spiro atoms. The van der Waals surface area contributed by atoms with Gasteiger partial charge >= 0.3 is 0 Å². The van der Waals surface area contributed by atoms with Crippen LogP contribution < -0.4 is 0 Å². The molecule has 0 saturated heterocycles. The van der Waals surface area contributed by atoms with Gasteiger partial charge in [-0.05, 0) is 58.8 Å². The minimum absolute atomic E-state index is 0.0665. The lowest BCUT2D eigenvalue weighted by molar-refractivity contribution is -0.0216. The van der Waals surface area contributed by atoms with E-state index in [0.717, 1.165) is 19.4 Å². The Hall–Kier alpha value is -0.560. The van der Waals surface area contributed by atoms with Gasteiger partial charge < -0.3 is 4.74 Å². The minimum Gasteiger partial charge on any atom is -0.376 e. The quantitative estimate of drug-likeness (QED) is 0.193. The molecule has 0 N–H and O–H groups in total. The number of allylic oxidation sites excluding steroid dienone is 4. The molecule has 0 aromatic carbocycles. The highest BCUT2D eigenvalue weighted by Crippen LogP contribution is 2.15. The lowest BCUT2D eigenvalue weighted by Gasteiger charge is -2.23.